The van der Waals surface area contributed by atoms with Gasteiger partial charge in [0.1, 0.15) is 5.75 Å². The van der Waals surface area contributed by atoms with Gasteiger partial charge >= 0.3 is 5.97 Å². The molecule has 0 bridgehead atoms. The second-order valence-electron chi connectivity index (χ2n) is 3.90. The summed E-state index contributed by atoms with van der Waals surface area (Å²) < 4.78 is 6.54. The SMILES string of the molecule is COc1ccc(NC(=O)c2cc(Br)c(Br)s2)c(C(=O)O)c1. The van der Waals surface area contributed by atoms with Crippen LogP contribution in [0.4, 0.5) is 5.69 Å². The number of ether oxygens (including phenoxy) is 1. The van der Waals surface area contributed by atoms with Crippen molar-refractivity contribution >= 4 is 60.8 Å². The van der Waals surface area contributed by atoms with Crippen LogP contribution in [0.25, 0.3) is 0 Å². The lowest BCUT2D eigenvalue weighted by atomic mass is 10.1. The Morgan fingerprint density at radius 3 is 2.52 bits per heavy atom. The highest BCUT2D eigenvalue weighted by molar-refractivity contribution is 9.13. The summed E-state index contributed by atoms with van der Waals surface area (Å²) in [5.41, 5.74) is 0.186. The molecule has 0 saturated heterocycles. The number of carbonyl (C=O) groups is 2. The lowest BCUT2D eigenvalue weighted by Gasteiger charge is -2.09. The van der Waals surface area contributed by atoms with E-state index in [0.29, 0.717) is 10.6 Å². The molecular formula is C13H9Br2NO4S. The number of carboxylic acid groups (broad SMARTS) is 1. The zero-order chi connectivity index (χ0) is 15.6. The minimum Gasteiger partial charge on any atom is -0.497 e. The van der Waals surface area contributed by atoms with E-state index in [1.165, 1.54) is 30.6 Å². The molecule has 0 aliphatic rings. The van der Waals surface area contributed by atoms with Gasteiger partial charge in [-0.25, -0.2) is 4.79 Å². The maximum atomic E-state index is 12.1. The predicted octanol–water partition coefficient (Wildman–Crippen LogP) is 4.23. The number of anilines is 1. The number of halogens is 2. The number of nitrogens with one attached hydrogen (secondary N) is 1. The first-order valence-electron chi connectivity index (χ1n) is 5.60. The van der Waals surface area contributed by atoms with Gasteiger partial charge in [-0.05, 0) is 56.1 Å². The van der Waals surface area contributed by atoms with E-state index in [1.54, 1.807) is 12.1 Å². The molecule has 5 nitrogen and oxygen atoms in total. The second-order valence-corrected chi connectivity index (χ2v) is 7.13. The number of methoxy groups -OCH3 is 1. The molecule has 110 valence electrons. The summed E-state index contributed by atoms with van der Waals surface area (Å²) in [5.74, 6) is -1.11. The fraction of sp³-hybridized carbons (Fsp3) is 0.0769. The van der Waals surface area contributed by atoms with Gasteiger partial charge in [-0.2, -0.15) is 0 Å². The van der Waals surface area contributed by atoms with Crippen molar-refractivity contribution in [2.75, 3.05) is 12.4 Å². The first-order chi connectivity index (χ1) is 9.92. The average Bonchev–Trinajstić information content (AvgIpc) is 2.79. The van der Waals surface area contributed by atoms with Gasteiger partial charge in [0.05, 0.1) is 27.0 Å². The third-order valence-corrected chi connectivity index (χ3v) is 5.83. The zero-order valence-electron chi connectivity index (χ0n) is 10.6. The monoisotopic (exact) mass is 433 g/mol. The van der Waals surface area contributed by atoms with E-state index >= 15 is 0 Å². The van der Waals surface area contributed by atoms with E-state index in [-0.39, 0.29) is 17.2 Å². The van der Waals surface area contributed by atoms with Crippen LogP contribution in [-0.4, -0.2) is 24.1 Å². The molecule has 0 fully saturated rings. The van der Waals surface area contributed by atoms with Crippen molar-refractivity contribution < 1.29 is 19.4 Å². The molecule has 0 unspecified atom stereocenters. The summed E-state index contributed by atoms with van der Waals surface area (Å²) >= 11 is 7.86. The molecule has 2 N–H and O–H groups in total. The molecule has 0 aliphatic carbocycles. The number of hydrogen-bond acceptors (Lipinski definition) is 4. The Labute approximate surface area is 141 Å². The van der Waals surface area contributed by atoms with Gasteiger partial charge in [0.15, 0.2) is 0 Å². The second kappa shape index (κ2) is 6.59. The molecule has 1 aromatic heterocycles. The van der Waals surface area contributed by atoms with Gasteiger partial charge in [-0.1, -0.05) is 0 Å². The maximum Gasteiger partial charge on any atom is 0.337 e. The smallest absolute Gasteiger partial charge is 0.337 e. The molecule has 0 saturated carbocycles. The lowest BCUT2D eigenvalue weighted by Crippen LogP contribution is -2.13. The number of amides is 1. The van der Waals surface area contributed by atoms with Crippen LogP contribution in [0.3, 0.4) is 0 Å². The van der Waals surface area contributed by atoms with E-state index in [2.05, 4.69) is 37.2 Å². The van der Waals surface area contributed by atoms with Crippen LogP contribution in [0.15, 0.2) is 32.5 Å². The van der Waals surface area contributed by atoms with Gasteiger partial charge in [0, 0.05) is 4.47 Å². The number of carboxylic acids is 1. The Kier molecular flexibility index (Phi) is 5.02. The number of aromatic carboxylic acids is 1. The minimum absolute atomic E-state index is 0.0302. The molecule has 21 heavy (non-hydrogen) atoms. The predicted molar refractivity (Wildman–Crippen MR) is 87.6 cm³/mol. The van der Waals surface area contributed by atoms with E-state index in [1.807, 2.05) is 0 Å². The number of benzene rings is 1. The first kappa shape index (κ1) is 16.0. The van der Waals surface area contributed by atoms with Crippen LogP contribution in [0, 0.1) is 0 Å². The van der Waals surface area contributed by atoms with Crippen molar-refractivity contribution in [1.82, 2.24) is 0 Å². The van der Waals surface area contributed by atoms with Crippen LogP contribution in [0.5, 0.6) is 5.75 Å². The first-order valence-corrected chi connectivity index (χ1v) is 8.00. The third kappa shape index (κ3) is 3.63. The standard InChI is InChI=1S/C13H9Br2NO4S/c1-20-6-2-3-9(7(4-6)13(18)19)16-12(17)10-5-8(14)11(15)21-10/h2-5H,1H3,(H,16,17)(H,18,19). The van der Waals surface area contributed by atoms with Gasteiger partial charge in [0.25, 0.3) is 5.91 Å². The molecule has 2 rings (SSSR count). The maximum absolute atomic E-state index is 12.1. The van der Waals surface area contributed by atoms with Crippen molar-refractivity contribution in [3.05, 3.63) is 43.0 Å². The molecule has 0 radical (unpaired) electrons. The summed E-state index contributed by atoms with van der Waals surface area (Å²) in [5, 5.41) is 11.8. The van der Waals surface area contributed by atoms with Crippen molar-refractivity contribution in [3.8, 4) is 5.75 Å². The number of thiophene rings is 1. The average molecular weight is 435 g/mol. The highest BCUT2D eigenvalue weighted by Crippen LogP contribution is 2.33. The highest BCUT2D eigenvalue weighted by atomic mass is 79.9. The number of hydrogen-bond donors (Lipinski definition) is 2. The molecule has 0 atom stereocenters. The van der Waals surface area contributed by atoms with Crippen molar-refractivity contribution in [2.24, 2.45) is 0 Å². The van der Waals surface area contributed by atoms with E-state index in [4.69, 9.17) is 4.74 Å². The van der Waals surface area contributed by atoms with Crippen molar-refractivity contribution in [2.45, 2.75) is 0 Å². The Hall–Kier alpha value is -1.38. The highest BCUT2D eigenvalue weighted by Gasteiger charge is 2.17. The van der Waals surface area contributed by atoms with E-state index in [0.717, 1.165) is 8.26 Å². The zero-order valence-corrected chi connectivity index (χ0v) is 14.6. The van der Waals surface area contributed by atoms with Crippen molar-refractivity contribution in [1.29, 1.82) is 0 Å². The van der Waals surface area contributed by atoms with Gasteiger partial charge in [-0.3, -0.25) is 4.79 Å². The number of rotatable bonds is 4. The Balaban J connectivity index is 2.30. The van der Waals surface area contributed by atoms with Gasteiger partial charge in [0.2, 0.25) is 0 Å². The van der Waals surface area contributed by atoms with Crippen LogP contribution in [-0.2, 0) is 0 Å². The fourth-order valence-corrected chi connectivity index (χ4v) is 3.51. The summed E-state index contributed by atoms with van der Waals surface area (Å²) in [4.78, 5) is 23.8. The van der Waals surface area contributed by atoms with Crippen LogP contribution in [0.1, 0.15) is 20.0 Å². The molecular weight excluding hydrogens is 426 g/mol. The van der Waals surface area contributed by atoms with Crippen molar-refractivity contribution in [3.63, 3.8) is 0 Å². The van der Waals surface area contributed by atoms with E-state index < -0.39 is 5.97 Å². The molecule has 1 heterocycles. The van der Waals surface area contributed by atoms with Crippen LogP contribution < -0.4 is 10.1 Å². The lowest BCUT2D eigenvalue weighted by molar-refractivity contribution is 0.0697. The Bertz CT molecular complexity index is 695. The summed E-state index contributed by atoms with van der Waals surface area (Å²) in [7, 11) is 1.44. The topological polar surface area (TPSA) is 75.6 Å². The quantitative estimate of drug-likeness (QED) is 0.754. The summed E-state index contributed by atoms with van der Waals surface area (Å²) in [6, 6.07) is 6.10. The van der Waals surface area contributed by atoms with Gasteiger partial charge < -0.3 is 15.2 Å². The third-order valence-electron chi connectivity index (χ3n) is 2.57. The Morgan fingerprint density at radius 1 is 1.29 bits per heavy atom. The molecule has 0 spiro atoms. The normalized spacial score (nSPS) is 10.2. The van der Waals surface area contributed by atoms with E-state index in [9.17, 15) is 14.7 Å². The summed E-state index contributed by atoms with van der Waals surface area (Å²) in [6.45, 7) is 0. The fourth-order valence-electron chi connectivity index (χ4n) is 1.58. The molecule has 2 aromatic rings. The Morgan fingerprint density at radius 2 is 2.00 bits per heavy atom. The van der Waals surface area contributed by atoms with Crippen LogP contribution in [0.2, 0.25) is 0 Å². The minimum atomic E-state index is -1.14. The molecule has 0 aliphatic heterocycles. The van der Waals surface area contributed by atoms with Crippen LogP contribution >= 0.6 is 43.2 Å². The van der Waals surface area contributed by atoms with Gasteiger partial charge in [-0.15, -0.1) is 11.3 Å². The molecule has 1 amide bonds. The molecule has 8 heteroatoms. The summed E-state index contributed by atoms with van der Waals surface area (Å²) in [6.07, 6.45) is 0. The largest absolute Gasteiger partial charge is 0.497 e. The number of carbonyl (C=O) groups excluding carboxylic acids is 1. The molecule has 1 aromatic carbocycles.